The van der Waals surface area contributed by atoms with E-state index in [0.717, 1.165) is 32.1 Å². The van der Waals surface area contributed by atoms with Crippen LogP contribution in [0.3, 0.4) is 0 Å². The van der Waals surface area contributed by atoms with Gasteiger partial charge in [0.15, 0.2) is 0 Å². The quantitative estimate of drug-likeness (QED) is 0.286. The van der Waals surface area contributed by atoms with Crippen LogP contribution in [0.25, 0.3) is 0 Å². The number of amides is 1. The molecule has 0 aromatic heterocycles. The molecule has 5 aliphatic carbocycles. The maximum absolute atomic E-state index is 13.8. The summed E-state index contributed by atoms with van der Waals surface area (Å²) < 4.78 is 0. The minimum absolute atomic E-state index is 0.00838. The van der Waals surface area contributed by atoms with Crippen LogP contribution in [-0.4, -0.2) is 67.2 Å². The van der Waals surface area contributed by atoms with Crippen molar-refractivity contribution in [3.8, 4) is 0 Å². The molecule has 9 N–H and O–H groups in total. The molecule has 5 aliphatic rings. The topological polar surface area (TPSA) is 187 Å². The van der Waals surface area contributed by atoms with Gasteiger partial charge in [0.1, 0.15) is 23.2 Å². The Morgan fingerprint density at radius 3 is 2.24 bits per heavy atom. The molecule has 0 bridgehead atoms. The van der Waals surface area contributed by atoms with E-state index in [1.165, 1.54) is 0 Å². The van der Waals surface area contributed by atoms with Crippen LogP contribution < -0.4 is 11.5 Å². The molecule has 9 nitrogen and oxygen atoms in total. The van der Waals surface area contributed by atoms with Crippen LogP contribution in [0.5, 0.6) is 0 Å². The lowest BCUT2D eigenvalue weighted by Crippen LogP contribution is -2.70. The number of carbonyl (C=O) groups excluding carboxylic acids is 2. The lowest BCUT2D eigenvalue weighted by molar-refractivity contribution is -0.230. The number of rotatable bonds is 2. The molecule has 190 valence electrons. The van der Waals surface area contributed by atoms with E-state index in [0.29, 0.717) is 31.1 Å². The second-order valence-corrected chi connectivity index (χ2v) is 11.7. The Bertz CT molecular complexity index is 884. The van der Waals surface area contributed by atoms with Crippen LogP contribution in [0, 0.1) is 41.4 Å². The summed E-state index contributed by atoms with van der Waals surface area (Å²) in [5.74, 6) is -3.40. The van der Waals surface area contributed by atoms with Gasteiger partial charge in [-0.1, -0.05) is 0 Å². The maximum atomic E-state index is 13.8. The lowest BCUT2D eigenvalue weighted by Gasteiger charge is -2.58. The Morgan fingerprint density at radius 1 is 0.912 bits per heavy atom. The van der Waals surface area contributed by atoms with Gasteiger partial charge in [0.2, 0.25) is 0 Å². The van der Waals surface area contributed by atoms with Crippen molar-refractivity contribution in [1.82, 2.24) is 0 Å². The molecule has 5 rings (SSSR count). The zero-order chi connectivity index (χ0) is 24.5. The smallest absolute Gasteiger partial charge is 0.250 e. The van der Waals surface area contributed by atoms with Gasteiger partial charge in [-0.05, 0) is 75.0 Å². The molecule has 9 heteroatoms. The number of allylic oxidation sites excluding steroid dienone is 1. The molecule has 0 spiro atoms. The van der Waals surface area contributed by atoms with Gasteiger partial charge in [-0.3, -0.25) is 9.59 Å². The number of fused-ring (bicyclic) bond motifs is 3. The molecule has 0 aromatic carbocycles. The third-order valence-electron chi connectivity index (χ3n) is 10.2. The summed E-state index contributed by atoms with van der Waals surface area (Å²) in [6.07, 6.45) is 1.99. The van der Waals surface area contributed by atoms with E-state index < -0.39 is 53.1 Å². The minimum atomic E-state index is -2.17. The molecular formula is C25H38N2O7. The number of hydrogen-bond acceptors (Lipinski definition) is 8. The molecular weight excluding hydrogens is 440 g/mol. The van der Waals surface area contributed by atoms with Crippen LogP contribution in [-0.2, 0) is 9.59 Å². The van der Waals surface area contributed by atoms with Gasteiger partial charge in [-0.2, -0.15) is 0 Å². The number of aliphatic hydroxyl groups excluding tert-OH is 4. The van der Waals surface area contributed by atoms with E-state index >= 15 is 0 Å². The fourth-order valence-corrected chi connectivity index (χ4v) is 8.52. The summed E-state index contributed by atoms with van der Waals surface area (Å²) >= 11 is 0. The second-order valence-electron chi connectivity index (χ2n) is 11.7. The maximum Gasteiger partial charge on any atom is 0.250 e. The average molecular weight is 479 g/mol. The van der Waals surface area contributed by atoms with E-state index in [4.69, 9.17) is 11.5 Å². The van der Waals surface area contributed by atoms with Crippen molar-refractivity contribution in [3.05, 3.63) is 11.3 Å². The molecule has 0 heterocycles. The fraction of sp³-hybridized carbons (Fsp3) is 0.840. The summed E-state index contributed by atoms with van der Waals surface area (Å²) in [5, 5.41) is 54.9. The first-order chi connectivity index (χ1) is 16.1. The van der Waals surface area contributed by atoms with Gasteiger partial charge in [0, 0.05) is 30.2 Å². The van der Waals surface area contributed by atoms with Crippen molar-refractivity contribution in [2.45, 2.75) is 87.7 Å². The number of carbonyl (C=O) groups is 2. The highest BCUT2D eigenvalue weighted by Gasteiger charge is 2.65. The molecule has 0 aliphatic heterocycles. The first-order valence-corrected chi connectivity index (χ1v) is 12.8. The van der Waals surface area contributed by atoms with Crippen molar-refractivity contribution in [2.75, 3.05) is 0 Å². The van der Waals surface area contributed by atoms with E-state index in [9.17, 15) is 35.1 Å². The molecule has 4 fully saturated rings. The van der Waals surface area contributed by atoms with Crippen LogP contribution in [0.15, 0.2) is 11.3 Å². The van der Waals surface area contributed by atoms with Crippen molar-refractivity contribution < 1.29 is 35.1 Å². The van der Waals surface area contributed by atoms with Crippen LogP contribution in [0.4, 0.5) is 0 Å². The number of Topliss-reactive ketones (excluding diaryl/α,β-unsaturated/α-hetero) is 1. The zero-order valence-electron chi connectivity index (χ0n) is 19.4. The van der Waals surface area contributed by atoms with Gasteiger partial charge in [0.05, 0.1) is 17.8 Å². The average Bonchev–Trinajstić information content (AvgIpc) is 2.77. The van der Waals surface area contributed by atoms with E-state index in [1.807, 2.05) is 0 Å². The Hall–Kier alpha value is -1.52. The van der Waals surface area contributed by atoms with Gasteiger partial charge in [-0.25, -0.2) is 0 Å². The van der Waals surface area contributed by atoms with E-state index in [2.05, 4.69) is 0 Å². The summed E-state index contributed by atoms with van der Waals surface area (Å²) in [6.45, 7) is 0. The molecule has 0 radical (unpaired) electrons. The lowest BCUT2D eigenvalue weighted by atomic mass is 9.48. The Balaban J connectivity index is 1.46. The van der Waals surface area contributed by atoms with Gasteiger partial charge in [0.25, 0.3) is 5.91 Å². The first-order valence-electron chi connectivity index (χ1n) is 12.8. The number of ketones is 1. The normalized spacial score (nSPS) is 51.3. The standard InChI is InChI=1S/C25H38N2O7/c26-13-3-1-10(2-4-13)14-5-6-16(28)19-15(14)8-11-7-12-9-17(29)20(24(27)33)23(32)25(12,34)22(31)18(11)21(19)30/h10-16,18-19,22-23,28-29,31-32,34H,1-9,26H2,(H2,27,33)/t10?,11-,12+,13?,14?,15?,16?,18?,19?,22?,23?,25+/m1/s1. The molecule has 1 amide bonds. The fourth-order valence-electron chi connectivity index (χ4n) is 8.52. The number of hydrogen-bond donors (Lipinski definition) is 7. The van der Waals surface area contributed by atoms with E-state index in [1.54, 1.807) is 0 Å². The van der Waals surface area contributed by atoms with Crippen molar-refractivity contribution >= 4 is 11.7 Å². The first kappa shape index (κ1) is 24.2. The molecule has 7 unspecified atom stereocenters. The number of nitrogens with two attached hydrogens (primary N) is 2. The molecule has 10 atom stereocenters. The highest BCUT2D eigenvalue weighted by molar-refractivity contribution is 5.94. The summed E-state index contributed by atoms with van der Waals surface area (Å²) in [6, 6.07) is 0.230. The van der Waals surface area contributed by atoms with Crippen LogP contribution in [0.1, 0.15) is 57.8 Å². The van der Waals surface area contributed by atoms with Gasteiger partial charge < -0.3 is 37.0 Å². The number of primary amides is 1. The summed E-state index contributed by atoms with van der Waals surface area (Å²) in [7, 11) is 0. The third kappa shape index (κ3) is 3.46. The minimum Gasteiger partial charge on any atom is -0.512 e. The van der Waals surface area contributed by atoms with Crippen molar-refractivity contribution in [3.63, 3.8) is 0 Å². The van der Waals surface area contributed by atoms with Gasteiger partial charge in [-0.15, -0.1) is 0 Å². The predicted molar refractivity (Wildman–Crippen MR) is 121 cm³/mol. The SMILES string of the molecule is NC(=O)C1=C(O)C[C@@H]2C[C@@H]3CC4C(C5CCC(N)CC5)CCC(O)C4C(=O)C3C(O)[C@]2(O)C1O. The zero-order valence-corrected chi connectivity index (χ0v) is 19.4. The molecule has 0 saturated heterocycles. The molecule has 34 heavy (non-hydrogen) atoms. The Labute approximate surface area is 199 Å². The highest BCUT2D eigenvalue weighted by Crippen LogP contribution is 2.58. The van der Waals surface area contributed by atoms with Crippen LogP contribution >= 0.6 is 0 Å². The Kier molecular flexibility index (Phi) is 6.08. The van der Waals surface area contributed by atoms with Crippen LogP contribution in [0.2, 0.25) is 0 Å². The monoisotopic (exact) mass is 478 g/mol. The van der Waals surface area contributed by atoms with Gasteiger partial charge >= 0.3 is 0 Å². The predicted octanol–water partition coefficient (Wildman–Crippen LogP) is -0.114. The van der Waals surface area contributed by atoms with Crippen molar-refractivity contribution in [2.24, 2.45) is 52.9 Å². The molecule has 0 aromatic rings. The summed E-state index contributed by atoms with van der Waals surface area (Å²) in [5.41, 5.74) is 8.75. The van der Waals surface area contributed by atoms with Crippen molar-refractivity contribution in [1.29, 1.82) is 0 Å². The highest BCUT2D eigenvalue weighted by atomic mass is 16.4. The third-order valence-corrected chi connectivity index (χ3v) is 10.2. The summed E-state index contributed by atoms with van der Waals surface area (Å²) in [4.78, 5) is 25.6. The largest absolute Gasteiger partial charge is 0.512 e. The Morgan fingerprint density at radius 2 is 1.59 bits per heavy atom. The van der Waals surface area contributed by atoms with E-state index in [-0.39, 0.29) is 35.8 Å². The number of aliphatic hydroxyl groups is 5. The second kappa shape index (κ2) is 8.55. The molecule has 4 saturated carbocycles.